The van der Waals surface area contributed by atoms with Gasteiger partial charge in [0.05, 0.1) is 26.4 Å². The molecule has 0 aliphatic rings. The fourth-order valence-corrected chi connectivity index (χ4v) is 1.49. The van der Waals surface area contributed by atoms with Gasteiger partial charge < -0.3 is 20.1 Å². The number of rotatable bonds is 12. The maximum absolute atomic E-state index is 5.51. The average molecular weight is 301 g/mol. The molecule has 0 saturated heterocycles. The third kappa shape index (κ3) is 12.6. The van der Waals surface area contributed by atoms with Crippen molar-refractivity contribution in [3.05, 3.63) is 0 Å². The van der Waals surface area contributed by atoms with Crippen LogP contribution in [-0.4, -0.2) is 51.5 Å². The number of aliphatic imine (C=N–C) groups is 1. The molecule has 0 radical (unpaired) electrons. The van der Waals surface area contributed by atoms with E-state index in [0.717, 1.165) is 25.5 Å². The SMILES string of the molecule is CCCCOCCOCCN=C(NCC)NC(C)C(C)C. The van der Waals surface area contributed by atoms with Crippen molar-refractivity contribution >= 4 is 5.96 Å². The number of ether oxygens (including phenoxy) is 2. The molecule has 21 heavy (non-hydrogen) atoms. The van der Waals surface area contributed by atoms with Crippen molar-refractivity contribution in [1.82, 2.24) is 10.6 Å². The average Bonchev–Trinajstić information content (AvgIpc) is 2.45. The standard InChI is InChI=1S/C16H35N3O2/c1-6-8-10-20-12-13-21-11-9-18-16(17-7-2)19-15(5)14(3)4/h14-15H,6-13H2,1-5H3,(H2,17,18,19). The van der Waals surface area contributed by atoms with E-state index in [2.05, 4.69) is 50.2 Å². The highest BCUT2D eigenvalue weighted by Gasteiger charge is 2.08. The van der Waals surface area contributed by atoms with Crippen LogP contribution in [0.25, 0.3) is 0 Å². The zero-order valence-corrected chi connectivity index (χ0v) is 14.6. The predicted molar refractivity (Wildman–Crippen MR) is 90.0 cm³/mol. The zero-order valence-electron chi connectivity index (χ0n) is 14.6. The van der Waals surface area contributed by atoms with E-state index in [4.69, 9.17) is 9.47 Å². The van der Waals surface area contributed by atoms with Crippen LogP contribution in [0.4, 0.5) is 0 Å². The van der Waals surface area contributed by atoms with E-state index in [-0.39, 0.29) is 0 Å². The van der Waals surface area contributed by atoms with Crippen LogP contribution in [0.5, 0.6) is 0 Å². The van der Waals surface area contributed by atoms with Gasteiger partial charge in [-0.2, -0.15) is 0 Å². The van der Waals surface area contributed by atoms with Crippen LogP contribution in [0.15, 0.2) is 4.99 Å². The number of hydrogen-bond acceptors (Lipinski definition) is 3. The normalized spacial score (nSPS) is 13.5. The van der Waals surface area contributed by atoms with Gasteiger partial charge in [0.25, 0.3) is 0 Å². The third-order valence-corrected chi connectivity index (χ3v) is 3.23. The maximum Gasteiger partial charge on any atom is 0.191 e. The zero-order chi connectivity index (χ0) is 15.9. The quantitative estimate of drug-likeness (QED) is 0.330. The smallest absolute Gasteiger partial charge is 0.191 e. The van der Waals surface area contributed by atoms with E-state index in [1.165, 1.54) is 6.42 Å². The molecule has 1 unspecified atom stereocenters. The van der Waals surface area contributed by atoms with Gasteiger partial charge in [-0.05, 0) is 26.2 Å². The molecule has 0 fully saturated rings. The topological polar surface area (TPSA) is 54.9 Å². The molecule has 5 heteroatoms. The lowest BCUT2D eigenvalue weighted by Crippen LogP contribution is -2.44. The summed E-state index contributed by atoms with van der Waals surface area (Å²) in [6.07, 6.45) is 2.29. The Balaban J connectivity index is 3.74. The van der Waals surface area contributed by atoms with Gasteiger partial charge in [0, 0.05) is 19.2 Å². The van der Waals surface area contributed by atoms with E-state index in [1.807, 2.05) is 0 Å². The van der Waals surface area contributed by atoms with Gasteiger partial charge in [-0.15, -0.1) is 0 Å². The van der Waals surface area contributed by atoms with Crippen LogP contribution in [0, 0.1) is 5.92 Å². The van der Waals surface area contributed by atoms with Crippen molar-refractivity contribution < 1.29 is 9.47 Å². The summed E-state index contributed by atoms with van der Waals surface area (Å²) >= 11 is 0. The Morgan fingerprint density at radius 3 is 2.24 bits per heavy atom. The number of unbranched alkanes of at least 4 members (excludes halogenated alkanes) is 1. The minimum Gasteiger partial charge on any atom is -0.379 e. The lowest BCUT2D eigenvalue weighted by Gasteiger charge is -2.20. The number of nitrogens with one attached hydrogen (secondary N) is 2. The van der Waals surface area contributed by atoms with Crippen molar-refractivity contribution in [1.29, 1.82) is 0 Å². The number of hydrogen-bond donors (Lipinski definition) is 2. The van der Waals surface area contributed by atoms with Crippen LogP contribution >= 0.6 is 0 Å². The second kappa shape index (κ2) is 14.1. The first-order valence-corrected chi connectivity index (χ1v) is 8.32. The van der Waals surface area contributed by atoms with E-state index in [0.29, 0.717) is 38.3 Å². The molecule has 0 rings (SSSR count). The van der Waals surface area contributed by atoms with Gasteiger partial charge in [-0.1, -0.05) is 27.2 Å². The Bertz CT molecular complexity index is 258. The summed E-state index contributed by atoms with van der Waals surface area (Å²) in [6.45, 7) is 15.1. The van der Waals surface area contributed by atoms with Crippen LogP contribution in [0.2, 0.25) is 0 Å². The first kappa shape index (κ1) is 20.2. The lowest BCUT2D eigenvalue weighted by atomic mass is 10.1. The van der Waals surface area contributed by atoms with Gasteiger partial charge in [0.1, 0.15) is 0 Å². The number of nitrogens with zero attached hydrogens (tertiary/aromatic N) is 1. The van der Waals surface area contributed by atoms with Crippen LogP contribution in [0.1, 0.15) is 47.5 Å². The van der Waals surface area contributed by atoms with Crippen molar-refractivity contribution in [2.45, 2.75) is 53.5 Å². The predicted octanol–water partition coefficient (Wildman–Crippen LogP) is 2.42. The van der Waals surface area contributed by atoms with E-state index in [9.17, 15) is 0 Å². The largest absolute Gasteiger partial charge is 0.379 e. The van der Waals surface area contributed by atoms with Gasteiger partial charge in [0.2, 0.25) is 0 Å². The minimum atomic E-state index is 0.399. The summed E-state index contributed by atoms with van der Waals surface area (Å²) in [7, 11) is 0. The monoisotopic (exact) mass is 301 g/mol. The molecule has 126 valence electrons. The first-order chi connectivity index (χ1) is 10.1. The molecule has 0 heterocycles. The number of guanidine groups is 1. The molecule has 0 bridgehead atoms. The molecular weight excluding hydrogens is 266 g/mol. The fraction of sp³-hybridized carbons (Fsp3) is 0.938. The molecule has 0 aromatic carbocycles. The fourth-order valence-electron chi connectivity index (χ4n) is 1.49. The third-order valence-electron chi connectivity index (χ3n) is 3.23. The second-order valence-corrected chi connectivity index (χ2v) is 5.52. The summed E-state index contributed by atoms with van der Waals surface area (Å²) in [4.78, 5) is 4.51. The van der Waals surface area contributed by atoms with Gasteiger partial charge in [-0.3, -0.25) is 4.99 Å². The molecule has 0 aromatic rings. The summed E-state index contributed by atoms with van der Waals surface area (Å²) in [5.41, 5.74) is 0. The Hall–Kier alpha value is -0.810. The summed E-state index contributed by atoms with van der Waals surface area (Å²) in [5.74, 6) is 1.44. The maximum atomic E-state index is 5.51. The summed E-state index contributed by atoms with van der Waals surface area (Å²) in [6, 6.07) is 0.399. The molecule has 0 aliphatic heterocycles. The molecule has 1 atom stereocenters. The highest BCUT2D eigenvalue weighted by Crippen LogP contribution is 1.99. The van der Waals surface area contributed by atoms with E-state index >= 15 is 0 Å². The molecule has 0 aromatic heterocycles. The molecule has 0 amide bonds. The van der Waals surface area contributed by atoms with Crippen molar-refractivity contribution in [3.8, 4) is 0 Å². The van der Waals surface area contributed by atoms with Crippen molar-refractivity contribution in [2.24, 2.45) is 10.9 Å². The van der Waals surface area contributed by atoms with Gasteiger partial charge in [-0.25, -0.2) is 0 Å². The van der Waals surface area contributed by atoms with E-state index < -0.39 is 0 Å². The van der Waals surface area contributed by atoms with Crippen LogP contribution < -0.4 is 10.6 Å². The Morgan fingerprint density at radius 1 is 1.00 bits per heavy atom. The molecule has 0 spiro atoms. The van der Waals surface area contributed by atoms with Gasteiger partial charge >= 0.3 is 0 Å². The Kier molecular flexibility index (Phi) is 13.6. The second-order valence-electron chi connectivity index (χ2n) is 5.52. The highest BCUT2D eigenvalue weighted by molar-refractivity contribution is 5.80. The molecule has 5 nitrogen and oxygen atoms in total. The molecule has 0 aliphatic carbocycles. The lowest BCUT2D eigenvalue weighted by molar-refractivity contribution is 0.0497. The molecule has 2 N–H and O–H groups in total. The summed E-state index contributed by atoms with van der Waals surface area (Å²) in [5, 5.41) is 6.65. The molecule has 0 saturated carbocycles. The van der Waals surface area contributed by atoms with E-state index in [1.54, 1.807) is 0 Å². The van der Waals surface area contributed by atoms with Crippen LogP contribution in [0.3, 0.4) is 0 Å². The highest BCUT2D eigenvalue weighted by atomic mass is 16.5. The Labute approximate surface area is 130 Å². The first-order valence-electron chi connectivity index (χ1n) is 8.32. The van der Waals surface area contributed by atoms with Crippen molar-refractivity contribution in [2.75, 3.05) is 39.5 Å². The molecular formula is C16H35N3O2. The van der Waals surface area contributed by atoms with Gasteiger partial charge in [0.15, 0.2) is 5.96 Å². The van der Waals surface area contributed by atoms with Crippen LogP contribution in [-0.2, 0) is 9.47 Å². The minimum absolute atomic E-state index is 0.399. The van der Waals surface area contributed by atoms with Crippen molar-refractivity contribution in [3.63, 3.8) is 0 Å². The summed E-state index contributed by atoms with van der Waals surface area (Å²) < 4.78 is 10.9. The Morgan fingerprint density at radius 2 is 1.67 bits per heavy atom.